The summed E-state index contributed by atoms with van der Waals surface area (Å²) in [6.07, 6.45) is 0. The van der Waals surface area contributed by atoms with Crippen molar-refractivity contribution in [3.63, 3.8) is 0 Å². The van der Waals surface area contributed by atoms with E-state index in [2.05, 4.69) is 20.8 Å². The molecule has 0 fully saturated rings. The fourth-order valence-corrected chi connectivity index (χ4v) is 2.52. The Labute approximate surface area is 167 Å². The van der Waals surface area contributed by atoms with Crippen molar-refractivity contribution in [2.45, 2.75) is 6.92 Å². The molecule has 0 aliphatic heterocycles. The number of anilines is 3. The van der Waals surface area contributed by atoms with E-state index in [4.69, 9.17) is 21.1 Å². The Morgan fingerprint density at radius 3 is 2.43 bits per heavy atom. The minimum Gasteiger partial charge on any atom is -0.495 e. The van der Waals surface area contributed by atoms with Gasteiger partial charge in [-0.05, 0) is 49.4 Å². The maximum atomic E-state index is 12.0. The maximum Gasteiger partial charge on any atom is 0.263 e. The molecule has 0 aliphatic carbocycles. The van der Waals surface area contributed by atoms with E-state index in [-0.39, 0.29) is 12.5 Å². The minimum absolute atomic E-state index is 0.121. The number of carbonyl (C=O) groups is 1. The summed E-state index contributed by atoms with van der Waals surface area (Å²) in [6.45, 7) is 1.86. The molecule has 0 spiro atoms. The molecule has 0 aliphatic rings. The van der Waals surface area contributed by atoms with Crippen LogP contribution < -0.4 is 20.1 Å². The number of carbonyl (C=O) groups excluding carboxylic acids is 1. The van der Waals surface area contributed by atoms with Gasteiger partial charge in [-0.3, -0.25) is 4.79 Å². The quantitative estimate of drug-likeness (QED) is 0.620. The molecule has 1 amide bonds. The number of methoxy groups -OCH3 is 1. The highest BCUT2D eigenvalue weighted by Crippen LogP contribution is 2.29. The van der Waals surface area contributed by atoms with Gasteiger partial charge in [-0.15, -0.1) is 10.2 Å². The zero-order chi connectivity index (χ0) is 19.9. The molecule has 0 saturated heterocycles. The number of hydrogen-bond acceptors (Lipinski definition) is 6. The highest BCUT2D eigenvalue weighted by Gasteiger charge is 2.08. The van der Waals surface area contributed by atoms with Gasteiger partial charge < -0.3 is 20.1 Å². The van der Waals surface area contributed by atoms with Crippen LogP contribution in [-0.2, 0) is 4.79 Å². The number of nitrogens with zero attached hydrogens (tertiary/aromatic N) is 2. The summed E-state index contributed by atoms with van der Waals surface area (Å²) in [7, 11) is 1.57. The van der Waals surface area contributed by atoms with E-state index < -0.39 is 0 Å². The van der Waals surface area contributed by atoms with Crippen LogP contribution in [0.1, 0.15) is 5.56 Å². The van der Waals surface area contributed by atoms with Crippen LogP contribution in [0.4, 0.5) is 17.3 Å². The SMILES string of the molecule is COc1ccc(Cl)cc1Nc1ccc(NC(=O)COc2ccc(C)cc2)nn1. The number of nitrogens with one attached hydrogen (secondary N) is 2. The van der Waals surface area contributed by atoms with E-state index in [0.717, 1.165) is 5.56 Å². The second-order valence-corrected chi connectivity index (χ2v) is 6.36. The highest BCUT2D eigenvalue weighted by atomic mass is 35.5. The second kappa shape index (κ2) is 9.05. The lowest BCUT2D eigenvalue weighted by Crippen LogP contribution is -2.21. The monoisotopic (exact) mass is 398 g/mol. The summed E-state index contributed by atoms with van der Waals surface area (Å²) in [6, 6.07) is 16.0. The van der Waals surface area contributed by atoms with Gasteiger partial charge in [0.1, 0.15) is 11.5 Å². The largest absolute Gasteiger partial charge is 0.495 e. The predicted octanol–water partition coefficient (Wildman–Crippen LogP) is 4.21. The number of amides is 1. The minimum atomic E-state index is -0.327. The molecule has 0 unspecified atom stereocenters. The van der Waals surface area contributed by atoms with Gasteiger partial charge >= 0.3 is 0 Å². The first kappa shape index (κ1) is 19.4. The van der Waals surface area contributed by atoms with Crippen LogP contribution in [0.25, 0.3) is 0 Å². The Bertz CT molecular complexity index is 947. The molecule has 1 aromatic heterocycles. The Hall–Kier alpha value is -3.32. The molecule has 0 bridgehead atoms. The molecule has 7 nitrogen and oxygen atoms in total. The van der Waals surface area contributed by atoms with Crippen LogP contribution in [0, 0.1) is 6.92 Å². The molecule has 2 aromatic carbocycles. The van der Waals surface area contributed by atoms with Crippen molar-refractivity contribution in [2.24, 2.45) is 0 Å². The molecule has 0 atom stereocenters. The maximum absolute atomic E-state index is 12.0. The van der Waals surface area contributed by atoms with E-state index in [1.807, 2.05) is 31.2 Å². The number of ether oxygens (including phenoxy) is 2. The fraction of sp³-hybridized carbons (Fsp3) is 0.150. The van der Waals surface area contributed by atoms with E-state index in [1.165, 1.54) is 0 Å². The molecular weight excluding hydrogens is 380 g/mol. The third-order valence-corrected chi connectivity index (χ3v) is 3.98. The van der Waals surface area contributed by atoms with Gasteiger partial charge in [0, 0.05) is 5.02 Å². The highest BCUT2D eigenvalue weighted by molar-refractivity contribution is 6.31. The Morgan fingerprint density at radius 2 is 1.75 bits per heavy atom. The van der Waals surface area contributed by atoms with Gasteiger partial charge in [0.15, 0.2) is 18.2 Å². The number of rotatable bonds is 7. The molecule has 28 heavy (non-hydrogen) atoms. The Kier molecular flexibility index (Phi) is 6.29. The molecule has 0 radical (unpaired) electrons. The number of hydrogen-bond donors (Lipinski definition) is 2. The van der Waals surface area contributed by atoms with Crippen molar-refractivity contribution in [3.8, 4) is 11.5 Å². The summed E-state index contributed by atoms with van der Waals surface area (Å²) in [4.78, 5) is 12.0. The molecule has 144 valence electrons. The topological polar surface area (TPSA) is 85.4 Å². The average Bonchev–Trinajstić information content (AvgIpc) is 2.69. The van der Waals surface area contributed by atoms with E-state index in [1.54, 1.807) is 37.4 Å². The number of benzene rings is 2. The van der Waals surface area contributed by atoms with Gasteiger partial charge in [-0.2, -0.15) is 0 Å². The van der Waals surface area contributed by atoms with Crippen LogP contribution in [0.5, 0.6) is 11.5 Å². The summed E-state index contributed by atoms with van der Waals surface area (Å²) in [5.74, 6) is 1.72. The van der Waals surface area contributed by atoms with Crippen LogP contribution in [0.15, 0.2) is 54.6 Å². The lowest BCUT2D eigenvalue weighted by Gasteiger charge is -2.11. The van der Waals surface area contributed by atoms with Gasteiger partial charge in [0.05, 0.1) is 12.8 Å². The third-order valence-electron chi connectivity index (χ3n) is 3.75. The zero-order valence-corrected chi connectivity index (χ0v) is 16.2. The van der Waals surface area contributed by atoms with Crippen molar-refractivity contribution in [1.82, 2.24) is 10.2 Å². The lowest BCUT2D eigenvalue weighted by atomic mass is 10.2. The molecule has 3 aromatic rings. The fourth-order valence-electron chi connectivity index (χ4n) is 2.34. The van der Waals surface area contributed by atoms with Gasteiger partial charge in [-0.25, -0.2) is 0 Å². The van der Waals surface area contributed by atoms with Crippen LogP contribution in [0.2, 0.25) is 5.02 Å². The van der Waals surface area contributed by atoms with E-state index >= 15 is 0 Å². The normalized spacial score (nSPS) is 10.2. The average molecular weight is 399 g/mol. The van der Waals surface area contributed by atoms with Crippen molar-refractivity contribution >= 4 is 34.8 Å². The first-order chi connectivity index (χ1) is 13.5. The van der Waals surface area contributed by atoms with Crippen LogP contribution >= 0.6 is 11.6 Å². The van der Waals surface area contributed by atoms with Crippen LogP contribution in [-0.4, -0.2) is 29.8 Å². The lowest BCUT2D eigenvalue weighted by molar-refractivity contribution is -0.118. The summed E-state index contributed by atoms with van der Waals surface area (Å²) in [5.41, 5.74) is 1.78. The number of aromatic nitrogens is 2. The van der Waals surface area contributed by atoms with E-state index in [9.17, 15) is 4.79 Å². The molecule has 0 saturated carbocycles. The van der Waals surface area contributed by atoms with Crippen molar-refractivity contribution in [3.05, 3.63) is 65.2 Å². The third kappa shape index (κ3) is 5.34. The summed E-state index contributed by atoms with van der Waals surface area (Å²) >= 11 is 6.01. The van der Waals surface area contributed by atoms with Crippen molar-refractivity contribution < 1.29 is 14.3 Å². The number of halogens is 1. The van der Waals surface area contributed by atoms with Gasteiger partial charge in [0.2, 0.25) is 0 Å². The summed E-state index contributed by atoms with van der Waals surface area (Å²) in [5, 5.41) is 14.3. The summed E-state index contributed by atoms with van der Waals surface area (Å²) < 4.78 is 10.7. The molecule has 1 heterocycles. The molecular formula is C20H19ClN4O3. The molecule has 2 N–H and O–H groups in total. The second-order valence-electron chi connectivity index (χ2n) is 5.92. The van der Waals surface area contributed by atoms with Crippen molar-refractivity contribution in [1.29, 1.82) is 0 Å². The Balaban J connectivity index is 1.56. The van der Waals surface area contributed by atoms with E-state index in [0.29, 0.717) is 33.8 Å². The zero-order valence-electron chi connectivity index (χ0n) is 15.4. The first-order valence-corrected chi connectivity index (χ1v) is 8.85. The standard InChI is InChI=1S/C20H19ClN4O3/c1-13-3-6-15(7-4-13)28-12-20(26)23-19-10-9-18(24-25-19)22-16-11-14(21)5-8-17(16)27-2/h3-11H,12H2,1-2H3,(H,22,24)(H,23,25,26). The predicted molar refractivity (Wildman–Crippen MR) is 109 cm³/mol. The van der Waals surface area contributed by atoms with Gasteiger partial charge in [0.25, 0.3) is 5.91 Å². The molecule has 3 rings (SSSR count). The smallest absolute Gasteiger partial charge is 0.263 e. The van der Waals surface area contributed by atoms with Crippen LogP contribution in [0.3, 0.4) is 0 Å². The first-order valence-electron chi connectivity index (χ1n) is 8.47. The number of aryl methyl sites for hydroxylation is 1. The van der Waals surface area contributed by atoms with Gasteiger partial charge in [-0.1, -0.05) is 29.3 Å². The van der Waals surface area contributed by atoms with Crippen molar-refractivity contribution in [2.75, 3.05) is 24.4 Å². The Morgan fingerprint density at radius 1 is 1.04 bits per heavy atom. The molecule has 8 heteroatoms.